The zero-order chi connectivity index (χ0) is 11.6. The Bertz CT molecular complexity index is 155. The first-order valence-corrected chi connectivity index (χ1v) is 6.95. The molecule has 3 nitrogen and oxygen atoms in total. The van der Waals surface area contributed by atoms with E-state index in [0.29, 0.717) is 0 Å². The average molecular weight is 227 g/mol. The molecule has 0 saturated heterocycles. The predicted molar refractivity (Wildman–Crippen MR) is 70.7 cm³/mol. The molecule has 0 heterocycles. The van der Waals surface area contributed by atoms with Crippen molar-refractivity contribution in [3.05, 3.63) is 0 Å². The van der Waals surface area contributed by atoms with E-state index in [1.807, 2.05) is 0 Å². The van der Waals surface area contributed by atoms with Crippen LogP contribution in [0, 0.1) is 0 Å². The molecule has 1 rings (SSSR count). The van der Waals surface area contributed by atoms with Crippen LogP contribution < -0.4 is 11.1 Å². The fraction of sp³-hybridized carbons (Fsp3) is 1.00. The van der Waals surface area contributed by atoms with Crippen molar-refractivity contribution in [2.75, 3.05) is 33.2 Å². The molecule has 0 spiro atoms. The summed E-state index contributed by atoms with van der Waals surface area (Å²) in [7, 11) is 2.29. The predicted octanol–water partition coefficient (Wildman–Crippen LogP) is 1.58. The van der Waals surface area contributed by atoms with Crippen LogP contribution in [0.15, 0.2) is 0 Å². The normalized spacial score (nSPS) is 18.2. The van der Waals surface area contributed by atoms with E-state index in [1.165, 1.54) is 45.1 Å². The smallest absolute Gasteiger partial charge is 0.00922 e. The maximum Gasteiger partial charge on any atom is 0.00922 e. The molecule has 3 N–H and O–H groups in total. The molecule has 16 heavy (non-hydrogen) atoms. The Kier molecular flexibility index (Phi) is 7.81. The van der Waals surface area contributed by atoms with Gasteiger partial charge in [0.1, 0.15) is 0 Å². The van der Waals surface area contributed by atoms with Crippen molar-refractivity contribution < 1.29 is 0 Å². The summed E-state index contributed by atoms with van der Waals surface area (Å²) in [4.78, 5) is 2.56. The molecule has 0 unspecified atom stereocenters. The average Bonchev–Trinajstić information content (AvgIpc) is 2.34. The first-order valence-electron chi connectivity index (χ1n) is 6.95. The molecule has 1 aliphatic carbocycles. The van der Waals surface area contributed by atoms with Crippen LogP contribution in [0.5, 0.6) is 0 Å². The van der Waals surface area contributed by atoms with Gasteiger partial charge in [-0.1, -0.05) is 19.3 Å². The Hall–Kier alpha value is -0.120. The lowest BCUT2D eigenvalue weighted by molar-refractivity contribution is 0.189. The first kappa shape index (κ1) is 13.9. The highest BCUT2D eigenvalue weighted by molar-refractivity contribution is 4.73. The summed E-state index contributed by atoms with van der Waals surface area (Å²) in [6.07, 6.45) is 9.50. The second-order valence-electron chi connectivity index (χ2n) is 5.02. The van der Waals surface area contributed by atoms with Gasteiger partial charge in [-0.05, 0) is 58.9 Å². The number of hydrogen-bond acceptors (Lipinski definition) is 3. The molecular weight excluding hydrogens is 198 g/mol. The molecular formula is C13H29N3. The largest absolute Gasteiger partial charge is 0.330 e. The number of hydrogen-bond donors (Lipinski definition) is 2. The van der Waals surface area contributed by atoms with Gasteiger partial charge >= 0.3 is 0 Å². The molecule has 0 radical (unpaired) electrons. The molecule has 0 aromatic carbocycles. The highest BCUT2D eigenvalue weighted by atomic mass is 15.1. The van der Waals surface area contributed by atoms with Crippen LogP contribution in [0.1, 0.15) is 44.9 Å². The zero-order valence-corrected chi connectivity index (χ0v) is 10.9. The minimum absolute atomic E-state index is 0.801. The van der Waals surface area contributed by atoms with E-state index in [2.05, 4.69) is 17.3 Å². The van der Waals surface area contributed by atoms with E-state index >= 15 is 0 Å². The summed E-state index contributed by atoms with van der Waals surface area (Å²) < 4.78 is 0. The lowest BCUT2D eigenvalue weighted by Gasteiger charge is -2.31. The summed E-state index contributed by atoms with van der Waals surface area (Å²) >= 11 is 0. The second kappa shape index (κ2) is 8.97. The van der Waals surface area contributed by atoms with Gasteiger partial charge in [0.25, 0.3) is 0 Å². The van der Waals surface area contributed by atoms with Crippen molar-refractivity contribution in [3.8, 4) is 0 Å². The van der Waals surface area contributed by atoms with Crippen LogP contribution in [0.2, 0.25) is 0 Å². The monoisotopic (exact) mass is 227 g/mol. The molecule has 0 bridgehead atoms. The van der Waals surface area contributed by atoms with Crippen LogP contribution in [-0.2, 0) is 0 Å². The standard InChI is InChI=1S/C13H29N3/c1-16(13-7-3-2-4-8-13)12-6-11-15-10-5-9-14/h13,15H,2-12,14H2,1H3. The van der Waals surface area contributed by atoms with Gasteiger partial charge in [0.15, 0.2) is 0 Å². The summed E-state index contributed by atoms with van der Waals surface area (Å²) in [6, 6.07) is 0.859. The van der Waals surface area contributed by atoms with Crippen molar-refractivity contribution in [2.45, 2.75) is 51.0 Å². The van der Waals surface area contributed by atoms with Gasteiger partial charge in [-0.2, -0.15) is 0 Å². The molecule has 0 aromatic rings. The number of nitrogens with two attached hydrogens (primary N) is 1. The number of rotatable bonds is 8. The van der Waals surface area contributed by atoms with Crippen LogP contribution in [-0.4, -0.2) is 44.2 Å². The zero-order valence-electron chi connectivity index (χ0n) is 10.9. The molecule has 0 amide bonds. The fourth-order valence-corrected chi connectivity index (χ4v) is 2.51. The fourth-order valence-electron chi connectivity index (χ4n) is 2.51. The third-order valence-electron chi connectivity index (χ3n) is 3.62. The lowest BCUT2D eigenvalue weighted by atomic mass is 9.94. The summed E-state index contributed by atoms with van der Waals surface area (Å²) in [5, 5.41) is 3.44. The Labute approximate surface area is 101 Å². The van der Waals surface area contributed by atoms with Gasteiger partial charge in [-0.3, -0.25) is 0 Å². The molecule has 1 aliphatic rings. The van der Waals surface area contributed by atoms with E-state index in [9.17, 15) is 0 Å². The minimum Gasteiger partial charge on any atom is -0.330 e. The Morgan fingerprint density at radius 2 is 1.81 bits per heavy atom. The molecule has 3 heteroatoms. The molecule has 0 aromatic heterocycles. The van der Waals surface area contributed by atoms with E-state index < -0.39 is 0 Å². The van der Waals surface area contributed by atoms with Gasteiger partial charge in [0, 0.05) is 6.04 Å². The minimum atomic E-state index is 0.801. The van der Waals surface area contributed by atoms with E-state index in [4.69, 9.17) is 5.73 Å². The summed E-state index contributed by atoms with van der Waals surface area (Å²) in [5.41, 5.74) is 5.44. The third-order valence-corrected chi connectivity index (χ3v) is 3.62. The first-order chi connectivity index (χ1) is 7.84. The quantitative estimate of drug-likeness (QED) is 0.619. The van der Waals surface area contributed by atoms with E-state index in [-0.39, 0.29) is 0 Å². The van der Waals surface area contributed by atoms with Crippen molar-refractivity contribution in [1.82, 2.24) is 10.2 Å². The Morgan fingerprint density at radius 1 is 1.12 bits per heavy atom. The molecule has 96 valence electrons. The molecule has 0 atom stereocenters. The Balaban J connectivity index is 1.94. The van der Waals surface area contributed by atoms with Gasteiger partial charge in [0.2, 0.25) is 0 Å². The highest BCUT2D eigenvalue weighted by Gasteiger charge is 2.16. The number of nitrogens with zero attached hydrogens (tertiary/aromatic N) is 1. The van der Waals surface area contributed by atoms with E-state index in [0.717, 1.165) is 32.1 Å². The van der Waals surface area contributed by atoms with Gasteiger partial charge in [-0.15, -0.1) is 0 Å². The van der Waals surface area contributed by atoms with Crippen molar-refractivity contribution in [2.24, 2.45) is 5.73 Å². The van der Waals surface area contributed by atoms with Crippen LogP contribution in [0.25, 0.3) is 0 Å². The van der Waals surface area contributed by atoms with E-state index in [1.54, 1.807) is 0 Å². The van der Waals surface area contributed by atoms with Crippen LogP contribution in [0.4, 0.5) is 0 Å². The highest BCUT2D eigenvalue weighted by Crippen LogP contribution is 2.21. The van der Waals surface area contributed by atoms with Gasteiger partial charge < -0.3 is 16.0 Å². The van der Waals surface area contributed by atoms with Gasteiger partial charge in [-0.25, -0.2) is 0 Å². The molecule has 0 aliphatic heterocycles. The lowest BCUT2D eigenvalue weighted by Crippen LogP contribution is -2.35. The summed E-state index contributed by atoms with van der Waals surface area (Å²) in [6.45, 7) is 4.25. The molecule has 1 fully saturated rings. The maximum atomic E-state index is 5.44. The maximum absolute atomic E-state index is 5.44. The summed E-state index contributed by atoms with van der Waals surface area (Å²) in [5.74, 6) is 0. The van der Waals surface area contributed by atoms with Crippen molar-refractivity contribution >= 4 is 0 Å². The third kappa shape index (κ3) is 5.83. The van der Waals surface area contributed by atoms with Gasteiger partial charge in [0.05, 0.1) is 0 Å². The number of nitrogens with one attached hydrogen (secondary N) is 1. The SMILES string of the molecule is CN(CCCNCCCN)C1CCCCC1. The molecule has 1 saturated carbocycles. The van der Waals surface area contributed by atoms with Crippen molar-refractivity contribution in [3.63, 3.8) is 0 Å². The van der Waals surface area contributed by atoms with Crippen LogP contribution >= 0.6 is 0 Å². The second-order valence-corrected chi connectivity index (χ2v) is 5.02. The Morgan fingerprint density at radius 3 is 2.50 bits per heavy atom. The van der Waals surface area contributed by atoms with Crippen molar-refractivity contribution in [1.29, 1.82) is 0 Å². The van der Waals surface area contributed by atoms with Crippen LogP contribution in [0.3, 0.4) is 0 Å². The topological polar surface area (TPSA) is 41.3 Å².